The van der Waals surface area contributed by atoms with E-state index in [9.17, 15) is 4.79 Å². The van der Waals surface area contributed by atoms with Gasteiger partial charge in [-0.1, -0.05) is 0 Å². The molecule has 0 atom stereocenters. The fraction of sp³-hybridized carbons (Fsp3) is 0.611. The van der Waals surface area contributed by atoms with Crippen LogP contribution < -0.4 is 11.1 Å². The summed E-state index contributed by atoms with van der Waals surface area (Å²) in [4.78, 5) is 14.4. The lowest BCUT2D eigenvalue weighted by Gasteiger charge is -2.26. The lowest BCUT2D eigenvalue weighted by atomic mass is 10.1. The molecule has 134 valence electrons. The summed E-state index contributed by atoms with van der Waals surface area (Å²) in [6.07, 6.45) is 1.03. The molecule has 6 nitrogen and oxygen atoms in total. The second-order valence-corrected chi connectivity index (χ2v) is 7.04. The Kier molecular flexibility index (Phi) is 6.45. The summed E-state index contributed by atoms with van der Waals surface area (Å²) in [7, 11) is 0. The number of hydrogen-bond acceptors (Lipinski definition) is 6. The van der Waals surface area contributed by atoms with E-state index in [1.807, 2.05) is 26.8 Å². The smallest absolute Gasteiger partial charge is 0.338 e. The highest BCUT2D eigenvalue weighted by atomic mass is 16.6. The molecule has 1 aromatic rings. The van der Waals surface area contributed by atoms with E-state index in [0.29, 0.717) is 11.3 Å². The maximum absolute atomic E-state index is 12.0. The molecule has 3 N–H and O–H groups in total. The van der Waals surface area contributed by atoms with Gasteiger partial charge >= 0.3 is 5.97 Å². The minimum atomic E-state index is -0.512. The van der Waals surface area contributed by atoms with Gasteiger partial charge < -0.3 is 20.5 Å². The van der Waals surface area contributed by atoms with Crippen LogP contribution in [0.3, 0.4) is 0 Å². The number of hydrogen-bond donors (Lipinski definition) is 2. The Bertz CT molecular complexity index is 549. The van der Waals surface area contributed by atoms with Crippen LogP contribution in [0.15, 0.2) is 18.2 Å². The number of nitrogen functional groups attached to an aromatic ring is 1. The Hall–Kier alpha value is -1.79. The van der Waals surface area contributed by atoms with Gasteiger partial charge in [-0.15, -0.1) is 0 Å². The van der Waals surface area contributed by atoms with Crippen LogP contribution in [0.25, 0.3) is 0 Å². The molecule has 1 aromatic carbocycles. The zero-order valence-corrected chi connectivity index (χ0v) is 14.9. The highest BCUT2D eigenvalue weighted by molar-refractivity contribution is 5.92. The molecule has 0 bridgehead atoms. The molecule has 1 heterocycles. The van der Waals surface area contributed by atoms with E-state index in [0.717, 1.165) is 51.5 Å². The summed E-state index contributed by atoms with van der Waals surface area (Å²) in [6, 6.07) is 5.25. The number of carbonyl (C=O) groups excluding carboxylic acids is 1. The van der Waals surface area contributed by atoms with E-state index in [-0.39, 0.29) is 5.97 Å². The largest absolute Gasteiger partial charge is 0.456 e. The highest BCUT2D eigenvalue weighted by Crippen LogP contribution is 2.21. The van der Waals surface area contributed by atoms with E-state index < -0.39 is 5.60 Å². The Labute approximate surface area is 144 Å². The van der Waals surface area contributed by atoms with Gasteiger partial charge in [0.2, 0.25) is 0 Å². The zero-order chi connectivity index (χ0) is 17.6. The maximum atomic E-state index is 12.0. The number of nitrogens with two attached hydrogens (primary N) is 1. The highest BCUT2D eigenvalue weighted by Gasteiger charge is 2.18. The van der Waals surface area contributed by atoms with Crippen molar-refractivity contribution >= 4 is 17.3 Å². The van der Waals surface area contributed by atoms with Crippen molar-refractivity contribution in [2.75, 3.05) is 50.4 Å². The number of carbonyl (C=O) groups is 1. The number of ether oxygens (including phenoxy) is 2. The lowest BCUT2D eigenvalue weighted by molar-refractivity contribution is 0.00696. The molecular weight excluding hydrogens is 306 g/mol. The molecule has 0 amide bonds. The Morgan fingerprint density at radius 3 is 2.67 bits per heavy atom. The Balaban J connectivity index is 1.80. The van der Waals surface area contributed by atoms with Gasteiger partial charge in [-0.25, -0.2) is 4.79 Å². The number of nitrogens with one attached hydrogen (secondary N) is 1. The van der Waals surface area contributed by atoms with Crippen LogP contribution in [0.4, 0.5) is 11.4 Å². The molecule has 1 aliphatic heterocycles. The number of nitrogens with zero attached hydrogens (tertiary/aromatic N) is 1. The van der Waals surface area contributed by atoms with Crippen LogP contribution in [-0.2, 0) is 9.47 Å². The van der Waals surface area contributed by atoms with Gasteiger partial charge in [-0.05, 0) is 51.9 Å². The van der Waals surface area contributed by atoms with Gasteiger partial charge in [0, 0.05) is 19.6 Å². The Morgan fingerprint density at radius 2 is 2.04 bits per heavy atom. The second kappa shape index (κ2) is 8.35. The summed E-state index contributed by atoms with van der Waals surface area (Å²) < 4.78 is 10.7. The van der Waals surface area contributed by atoms with Gasteiger partial charge in [0.1, 0.15) is 5.60 Å². The van der Waals surface area contributed by atoms with Crippen molar-refractivity contribution in [2.24, 2.45) is 0 Å². The van der Waals surface area contributed by atoms with Gasteiger partial charge in [-0.2, -0.15) is 0 Å². The van der Waals surface area contributed by atoms with Crippen molar-refractivity contribution in [3.8, 4) is 0 Å². The van der Waals surface area contributed by atoms with Gasteiger partial charge in [-0.3, -0.25) is 4.90 Å². The first-order valence-corrected chi connectivity index (χ1v) is 8.52. The van der Waals surface area contributed by atoms with Gasteiger partial charge in [0.15, 0.2) is 0 Å². The summed E-state index contributed by atoms with van der Waals surface area (Å²) in [5, 5.41) is 3.33. The zero-order valence-electron chi connectivity index (χ0n) is 14.9. The SMILES string of the molecule is CC(C)(C)OC(=O)c1ccc(NCCCN2CCOCC2)c(N)c1. The average Bonchev–Trinajstić information content (AvgIpc) is 2.52. The van der Waals surface area contributed by atoms with Gasteiger partial charge in [0.05, 0.1) is 30.2 Å². The molecular formula is C18H29N3O3. The molecule has 0 unspecified atom stereocenters. The second-order valence-electron chi connectivity index (χ2n) is 7.04. The minimum absolute atomic E-state index is 0.354. The summed E-state index contributed by atoms with van der Waals surface area (Å²) in [5.41, 5.74) is 7.42. The third-order valence-electron chi connectivity index (χ3n) is 3.76. The molecule has 1 saturated heterocycles. The molecule has 0 aromatic heterocycles. The number of anilines is 2. The van der Waals surface area contributed by atoms with E-state index in [1.165, 1.54) is 0 Å². The van der Waals surface area contributed by atoms with Crippen LogP contribution in [-0.4, -0.2) is 55.9 Å². The number of rotatable bonds is 6. The molecule has 0 aliphatic carbocycles. The maximum Gasteiger partial charge on any atom is 0.338 e. The minimum Gasteiger partial charge on any atom is -0.456 e. The van der Waals surface area contributed by atoms with Crippen LogP contribution in [0, 0.1) is 0 Å². The molecule has 24 heavy (non-hydrogen) atoms. The molecule has 2 rings (SSSR count). The molecule has 1 aliphatic rings. The topological polar surface area (TPSA) is 76.8 Å². The molecule has 1 fully saturated rings. The van der Waals surface area contributed by atoms with E-state index in [1.54, 1.807) is 12.1 Å². The van der Waals surface area contributed by atoms with Crippen molar-refractivity contribution in [3.05, 3.63) is 23.8 Å². The van der Waals surface area contributed by atoms with Crippen molar-refractivity contribution in [1.29, 1.82) is 0 Å². The van der Waals surface area contributed by atoms with Crippen molar-refractivity contribution in [2.45, 2.75) is 32.8 Å². The Morgan fingerprint density at radius 1 is 1.33 bits per heavy atom. The predicted octanol–water partition coefficient (Wildman–Crippen LogP) is 2.36. The first-order valence-electron chi connectivity index (χ1n) is 8.52. The third-order valence-corrected chi connectivity index (χ3v) is 3.76. The normalized spacial score (nSPS) is 16.0. The summed E-state index contributed by atoms with van der Waals surface area (Å²) in [5.74, 6) is -0.354. The molecule has 0 saturated carbocycles. The average molecular weight is 335 g/mol. The van der Waals surface area contributed by atoms with E-state index >= 15 is 0 Å². The predicted molar refractivity (Wildman–Crippen MR) is 96.4 cm³/mol. The first kappa shape index (κ1) is 18.5. The quantitative estimate of drug-likeness (QED) is 0.472. The van der Waals surface area contributed by atoms with E-state index in [2.05, 4.69) is 10.2 Å². The third kappa shape index (κ3) is 6.02. The molecule has 6 heteroatoms. The number of morpholine rings is 1. The number of benzene rings is 1. The molecule has 0 radical (unpaired) electrons. The van der Waals surface area contributed by atoms with E-state index in [4.69, 9.17) is 15.2 Å². The lowest BCUT2D eigenvalue weighted by Crippen LogP contribution is -2.37. The van der Waals surface area contributed by atoms with Gasteiger partial charge in [0.25, 0.3) is 0 Å². The summed E-state index contributed by atoms with van der Waals surface area (Å²) >= 11 is 0. The van der Waals surface area contributed by atoms with Crippen molar-refractivity contribution in [1.82, 2.24) is 4.90 Å². The van der Waals surface area contributed by atoms with Crippen LogP contribution >= 0.6 is 0 Å². The summed E-state index contributed by atoms with van der Waals surface area (Å²) in [6.45, 7) is 11.1. The van der Waals surface area contributed by atoms with Crippen LogP contribution in [0.1, 0.15) is 37.6 Å². The molecule has 0 spiro atoms. The van der Waals surface area contributed by atoms with Crippen molar-refractivity contribution in [3.63, 3.8) is 0 Å². The monoisotopic (exact) mass is 335 g/mol. The fourth-order valence-corrected chi connectivity index (χ4v) is 2.54. The standard InChI is InChI=1S/C18H29N3O3/c1-18(2,3)24-17(22)14-5-6-16(15(19)13-14)20-7-4-8-21-9-11-23-12-10-21/h5-6,13,20H,4,7-12,19H2,1-3H3. The number of esters is 1. The fourth-order valence-electron chi connectivity index (χ4n) is 2.54. The van der Waals surface area contributed by atoms with Crippen LogP contribution in [0.5, 0.6) is 0 Å². The van der Waals surface area contributed by atoms with Crippen LogP contribution in [0.2, 0.25) is 0 Å². The first-order chi connectivity index (χ1) is 11.3. The van der Waals surface area contributed by atoms with Crippen molar-refractivity contribution < 1.29 is 14.3 Å².